The van der Waals surface area contributed by atoms with Gasteiger partial charge in [-0.25, -0.2) is 0 Å². The van der Waals surface area contributed by atoms with E-state index in [0.29, 0.717) is 0 Å². The van der Waals surface area contributed by atoms with Gasteiger partial charge < -0.3 is 4.90 Å². The number of para-hydroxylation sites is 1. The normalized spacial score (nSPS) is 10.9. The van der Waals surface area contributed by atoms with E-state index < -0.39 is 0 Å². The van der Waals surface area contributed by atoms with Gasteiger partial charge in [-0.1, -0.05) is 30.3 Å². The van der Waals surface area contributed by atoms with Gasteiger partial charge >= 0.3 is 0 Å². The second-order valence-corrected chi connectivity index (χ2v) is 4.98. The molecule has 2 aromatic rings. The summed E-state index contributed by atoms with van der Waals surface area (Å²) in [6.07, 6.45) is 1.93. The molecule has 0 atom stereocenters. The molecule has 0 saturated heterocycles. The second-order valence-electron chi connectivity index (χ2n) is 4.98. The Bertz CT molecular complexity index is 560. The van der Waals surface area contributed by atoms with Crippen LogP contribution in [0.5, 0.6) is 0 Å². The molecule has 98 valence electrons. The van der Waals surface area contributed by atoms with Gasteiger partial charge in [-0.05, 0) is 42.7 Å². The van der Waals surface area contributed by atoms with Gasteiger partial charge in [0, 0.05) is 26.0 Å². The van der Waals surface area contributed by atoms with Crippen LogP contribution in [0.15, 0.2) is 47.5 Å². The first-order chi connectivity index (χ1) is 9.08. The molecule has 0 aliphatic rings. The van der Waals surface area contributed by atoms with Crippen molar-refractivity contribution in [2.45, 2.75) is 13.8 Å². The molecule has 0 bridgehead atoms. The smallest absolute Gasteiger partial charge is 0.0688 e. The third-order valence-corrected chi connectivity index (χ3v) is 3.19. The minimum absolute atomic E-state index is 1.07. The van der Waals surface area contributed by atoms with E-state index in [1.807, 2.05) is 20.3 Å². The lowest BCUT2D eigenvalue weighted by molar-refractivity contribution is 1.13. The maximum atomic E-state index is 4.61. The Morgan fingerprint density at radius 1 is 0.895 bits per heavy atom. The first kappa shape index (κ1) is 13.3. The van der Waals surface area contributed by atoms with Crippen LogP contribution in [0.1, 0.15) is 16.7 Å². The molecule has 2 rings (SSSR count). The van der Waals surface area contributed by atoms with Crippen LogP contribution in [0.3, 0.4) is 0 Å². The summed E-state index contributed by atoms with van der Waals surface area (Å²) in [5.41, 5.74) is 5.80. The Balaban J connectivity index is 2.23. The predicted octanol–water partition coefficient (Wildman–Crippen LogP) is 4.12. The maximum Gasteiger partial charge on any atom is 0.0688 e. The molecule has 2 aromatic carbocycles. The van der Waals surface area contributed by atoms with Crippen molar-refractivity contribution in [3.63, 3.8) is 0 Å². The van der Waals surface area contributed by atoms with Crippen molar-refractivity contribution in [1.82, 2.24) is 0 Å². The van der Waals surface area contributed by atoms with E-state index in [1.54, 1.807) is 0 Å². The highest BCUT2D eigenvalue weighted by atomic mass is 15.1. The average molecular weight is 252 g/mol. The third kappa shape index (κ3) is 3.22. The van der Waals surface area contributed by atoms with Crippen molar-refractivity contribution >= 4 is 17.6 Å². The van der Waals surface area contributed by atoms with Crippen LogP contribution in [0, 0.1) is 13.8 Å². The first-order valence-corrected chi connectivity index (χ1v) is 6.45. The number of rotatable bonds is 3. The Morgan fingerprint density at radius 3 is 2.00 bits per heavy atom. The molecule has 0 unspecified atom stereocenters. The first-order valence-electron chi connectivity index (χ1n) is 6.45. The van der Waals surface area contributed by atoms with Crippen molar-refractivity contribution in [3.05, 3.63) is 59.2 Å². The summed E-state index contributed by atoms with van der Waals surface area (Å²) in [6, 6.07) is 14.6. The molecule has 2 heteroatoms. The highest BCUT2D eigenvalue weighted by Gasteiger charge is 1.99. The van der Waals surface area contributed by atoms with Crippen molar-refractivity contribution in [1.29, 1.82) is 0 Å². The SMILES string of the molecule is Cc1cccc(C)c1N=Cc1ccc(N(C)C)cc1. The number of aryl methyl sites for hydroxylation is 2. The Hall–Kier alpha value is -2.09. The van der Waals surface area contributed by atoms with E-state index in [-0.39, 0.29) is 0 Å². The van der Waals surface area contributed by atoms with Gasteiger partial charge in [0.05, 0.1) is 5.69 Å². The lowest BCUT2D eigenvalue weighted by Crippen LogP contribution is -2.08. The van der Waals surface area contributed by atoms with E-state index in [2.05, 4.69) is 66.2 Å². The zero-order valence-electron chi connectivity index (χ0n) is 12.0. The highest BCUT2D eigenvalue weighted by Crippen LogP contribution is 2.22. The van der Waals surface area contributed by atoms with Crippen LogP contribution in [0.25, 0.3) is 0 Å². The molecule has 0 radical (unpaired) electrons. The van der Waals surface area contributed by atoms with Crippen LogP contribution in [-0.4, -0.2) is 20.3 Å². The lowest BCUT2D eigenvalue weighted by atomic mass is 10.1. The monoisotopic (exact) mass is 252 g/mol. The number of benzene rings is 2. The largest absolute Gasteiger partial charge is 0.378 e. The minimum Gasteiger partial charge on any atom is -0.378 e. The lowest BCUT2D eigenvalue weighted by Gasteiger charge is -2.11. The zero-order chi connectivity index (χ0) is 13.8. The van der Waals surface area contributed by atoms with Gasteiger partial charge in [0.2, 0.25) is 0 Å². The van der Waals surface area contributed by atoms with E-state index in [0.717, 1.165) is 11.3 Å². The van der Waals surface area contributed by atoms with Crippen LogP contribution >= 0.6 is 0 Å². The van der Waals surface area contributed by atoms with Crippen molar-refractivity contribution in [3.8, 4) is 0 Å². The fourth-order valence-corrected chi connectivity index (χ4v) is 2.01. The molecule has 0 saturated carbocycles. The molecule has 19 heavy (non-hydrogen) atoms. The molecular weight excluding hydrogens is 232 g/mol. The zero-order valence-corrected chi connectivity index (χ0v) is 12.0. The molecule has 0 spiro atoms. The highest BCUT2D eigenvalue weighted by molar-refractivity contribution is 5.83. The Labute approximate surface area is 115 Å². The summed E-state index contributed by atoms with van der Waals surface area (Å²) in [4.78, 5) is 6.70. The van der Waals surface area contributed by atoms with Gasteiger partial charge in [0.15, 0.2) is 0 Å². The second kappa shape index (κ2) is 5.70. The summed E-state index contributed by atoms with van der Waals surface area (Å²) in [5, 5.41) is 0. The molecule has 0 fully saturated rings. The number of anilines is 1. The van der Waals surface area contributed by atoms with E-state index >= 15 is 0 Å². The van der Waals surface area contributed by atoms with Crippen LogP contribution in [0.2, 0.25) is 0 Å². The van der Waals surface area contributed by atoms with E-state index in [9.17, 15) is 0 Å². The summed E-state index contributed by atoms with van der Waals surface area (Å²) in [5.74, 6) is 0. The molecule has 0 aliphatic carbocycles. The fourth-order valence-electron chi connectivity index (χ4n) is 2.01. The third-order valence-electron chi connectivity index (χ3n) is 3.19. The summed E-state index contributed by atoms with van der Waals surface area (Å²) in [6.45, 7) is 4.18. The quantitative estimate of drug-likeness (QED) is 0.750. The topological polar surface area (TPSA) is 15.6 Å². The van der Waals surface area contributed by atoms with Crippen LogP contribution in [-0.2, 0) is 0 Å². The predicted molar refractivity (Wildman–Crippen MR) is 83.9 cm³/mol. The van der Waals surface area contributed by atoms with Gasteiger partial charge in [0.1, 0.15) is 0 Å². The van der Waals surface area contributed by atoms with E-state index in [1.165, 1.54) is 16.8 Å². The molecule has 0 heterocycles. The Morgan fingerprint density at radius 2 is 1.47 bits per heavy atom. The van der Waals surface area contributed by atoms with E-state index in [4.69, 9.17) is 0 Å². The number of hydrogen-bond acceptors (Lipinski definition) is 2. The van der Waals surface area contributed by atoms with Gasteiger partial charge in [-0.15, -0.1) is 0 Å². The minimum atomic E-state index is 1.07. The summed E-state index contributed by atoms with van der Waals surface area (Å²) >= 11 is 0. The standard InChI is InChI=1S/C17H20N2/c1-13-6-5-7-14(2)17(13)18-12-15-8-10-16(11-9-15)19(3)4/h5-12H,1-4H3. The van der Waals surface area contributed by atoms with Gasteiger partial charge in [0.25, 0.3) is 0 Å². The van der Waals surface area contributed by atoms with Crippen molar-refractivity contribution in [2.24, 2.45) is 4.99 Å². The summed E-state index contributed by atoms with van der Waals surface area (Å²) < 4.78 is 0. The number of aliphatic imine (C=N–C) groups is 1. The maximum absolute atomic E-state index is 4.61. The summed E-state index contributed by atoms with van der Waals surface area (Å²) in [7, 11) is 4.08. The molecule has 0 aromatic heterocycles. The Kier molecular flexibility index (Phi) is 4.00. The number of nitrogens with zero attached hydrogens (tertiary/aromatic N) is 2. The molecule has 0 N–H and O–H groups in total. The fraction of sp³-hybridized carbons (Fsp3) is 0.235. The van der Waals surface area contributed by atoms with Crippen molar-refractivity contribution in [2.75, 3.05) is 19.0 Å². The number of hydrogen-bond donors (Lipinski definition) is 0. The molecule has 0 aliphatic heterocycles. The van der Waals surface area contributed by atoms with Crippen molar-refractivity contribution < 1.29 is 0 Å². The molecule has 0 amide bonds. The molecule has 2 nitrogen and oxygen atoms in total. The van der Waals surface area contributed by atoms with Crippen LogP contribution in [0.4, 0.5) is 11.4 Å². The van der Waals surface area contributed by atoms with Gasteiger partial charge in [-0.3, -0.25) is 4.99 Å². The van der Waals surface area contributed by atoms with Crippen LogP contribution < -0.4 is 4.90 Å². The van der Waals surface area contributed by atoms with Gasteiger partial charge in [-0.2, -0.15) is 0 Å². The molecular formula is C17H20N2. The average Bonchev–Trinajstić information content (AvgIpc) is 2.38.